The molecule has 1 N–H and O–H groups in total. The number of alkyl halides is 1. The summed E-state index contributed by atoms with van der Waals surface area (Å²) < 4.78 is 5.84. The summed E-state index contributed by atoms with van der Waals surface area (Å²) in [6, 6.07) is 0. The summed E-state index contributed by atoms with van der Waals surface area (Å²) in [4.78, 5) is 13.8. The Morgan fingerprint density at radius 3 is 2.24 bits per heavy atom. The molecule has 11 atom stereocenters. The molecule has 0 saturated heterocycles. The van der Waals surface area contributed by atoms with E-state index in [-0.39, 0.29) is 22.2 Å². The molecule has 1 unspecified atom stereocenters. The van der Waals surface area contributed by atoms with E-state index in [1.807, 2.05) is 0 Å². The fourth-order valence-electron chi connectivity index (χ4n) is 12.3. The first-order valence-electron chi connectivity index (χ1n) is 16.1. The molecule has 38 heavy (non-hydrogen) atoms. The zero-order valence-corrected chi connectivity index (χ0v) is 27.4. The molecule has 0 aliphatic heterocycles. The summed E-state index contributed by atoms with van der Waals surface area (Å²) in [6.07, 6.45) is 12.4. The summed E-state index contributed by atoms with van der Waals surface area (Å²) in [5, 5.41) is 13.4. The van der Waals surface area contributed by atoms with Gasteiger partial charge in [0.15, 0.2) is 5.60 Å². The largest absolute Gasteiger partial charge is 0.464 e. The van der Waals surface area contributed by atoms with E-state index in [9.17, 15) is 9.90 Å². The van der Waals surface area contributed by atoms with Crippen LogP contribution in [0, 0.1) is 62.6 Å². The predicted octanol–water partition coefficient (Wildman–Crippen LogP) is 8.80. The lowest BCUT2D eigenvalue weighted by Crippen LogP contribution is -2.73. The van der Waals surface area contributed by atoms with Gasteiger partial charge in [-0.1, -0.05) is 71.3 Å². The zero-order chi connectivity index (χ0) is 27.9. The fourth-order valence-corrected chi connectivity index (χ4v) is 12.5. The normalized spacial score (nSPS) is 53.6. The lowest BCUT2D eigenvalue weighted by atomic mass is 9.30. The van der Waals surface area contributed by atoms with Crippen molar-refractivity contribution >= 4 is 21.9 Å². The molecule has 0 amide bonds. The Hall–Kier alpha value is -0.0900. The number of esters is 1. The topological polar surface area (TPSA) is 46.5 Å². The first-order chi connectivity index (χ1) is 17.6. The molecule has 0 aromatic heterocycles. The number of carbonyl (C=O) groups excluding carboxylic acids is 1. The first kappa shape index (κ1) is 29.4. The molecule has 5 fully saturated rings. The first-order valence-corrected chi connectivity index (χ1v) is 17.2. The van der Waals surface area contributed by atoms with Crippen LogP contribution in [0.5, 0.6) is 0 Å². The van der Waals surface area contributed by atoms with E-state index < -0.39 is 11.0 Å². The van der Waals surface area contributed by atoms with Gasteiger partial charge >= 0.3 is 5.97 Å². The summed E-state index contributed by atoms with van der Waals surface area (Å²) in [5.74, 6) is 3.46. The van der Waals surface area contributed by atoms with Crippen LogP contribution in [-0.2, 0) is 9.53 Å². The molecule has 218 valence electrons. The van der Waals surface area contributed by atoms with Crippen molar-refractivity contribution in [2.75, 3.05) is 11.9 Å². The summed E-state index contributed by atoms with van der Waals surface area (Å²) >= 11 is 3.46. The molecule has 0 aromatic carbocycles. The van der Waals surface area contributed by atoms with E-state index in [0.29, 0.717) is 30.3 Å². The van der Waals surface area contributed by atoms with Crippen molar-refractivity contribution in [3.05, 3.63) is 0 Å². The Labute approximate surface area is 242 Å². The van der Waals surface area contributed by atoms with Crippen LogP contribution >= 0.6 is 15.9 Å². The zero-order valence-electron chi connectivity index (χ0n) is 25.8. The van der Waals surface area contributed by atoms with Gasteiger partial charge < -0.3 is 9.84 Å². The van der Waals surface area contributed by atoms with Crippen LogP contribution in [0.1, 0.15) is 126 Å². The molecule has 0 spiro atoms. The quantitative estimate of drug-likeness (QED) is 0.201. The van der Waals surface area contributed by atoms with Crippen LogP contribution in [0.2, 0.25) is 0 Å². The Morgan fingerprint density at radius 2 is 1.55 bits per heavy atom. The predicted molar refractivity (Wildman–Crippen MR) is 159 cm³/mol. The molecule has 5 rings (SSSR count). The number of hydrogen-bond acceptors (Lipinski definition) is 3. The molecular weight excluding hydrogens is 536 g/mol. The number of fused-ring (bicyclic) bond motifs is 7. The Bertz CT molecular complexity index is 933. The van der Waals surface area contributed by atoms with Crippen molar-refractivity contribution in [2.24, 2.45) is 62.6 Å². The third kappa shape index (κ3) is 3.76. The van der Waals surface area contributed by atoms with Crippen molar-refractivity contribution in [2.45, 2.75) is 132 Å². The van der Waals surface area contributed by atoms with Crippen molar-refractivity contribution in [3.63, 3.8) is 0 Å². The van der Waals surface area contributed by atoms with E-state index in [1.54, 1.807) is 0 Å². The van der Waals surface area contributed by atoms with Gasteiger partial charge in [0, 0.05) is 10.7 Å². The molecular formula is C34H57BrO3. The highest BCUT2D eigenvalue weighted by molar-refractivity contribution is 9.09. The van der Waals surface area contributed by atoms with Gasteiger partial charge in [-0.15, -0.1) is 0 Å². The maximum absolute atomic E-state index is 13.8. The van der Waals surface area contributed by atoms with Crippen LogP contribution in [0.25, 0.3) is 0 Å². The van der Waals surface area contributed by atoms with Crippen molar-refractivity contribution < 1.29 is 14.6 Å². The Balaban J connectivity index is 1.57. The highest BCUT2D eigenvalue weighted by Gasteiger charge is 2.75. The monoisotopic (exact) mass is 592 g/mol. The number of halogens is 1. The van der Waals surface area contributed by atoms with E-state index in [1.165, 1.54) is 38.5 Å². The van der Waals surface area contributed by atoms with E-state index in [4.69, 9.17) is 4.74 Å². The molecule has 0 bridgehead atoms. The van der Waals surface area contributed by atoms with Crippen LogP contribution in [0.4, 0.5) is 0 Å². The SMILES string of the molecule is C[C@@H]1[C@H]2[C@H]3CC[C@@H]4[C@]5(C)[C@@H](CC[C@@]4(C)[C@]3(C)CC[C@@]2(C)CC[C@H]1C)C(C)(C)CCC5(O)C(=O)OCCCBr. The number of carbonyl (C=O) groups is 1. The Kier molecular flexibility index (Phi) is 7.32. The van der Waals surface area contributed by atoms with Gasteiger partial charge in [0.25, 0.3) is 0 Å². The molecule has 5 saturated carbocycles. The van der Waals surface area contributed by atoms with Gasteiger partial charge in [-0.2, -0.15) is 0 Å². The third-order valence-corrected chi connectivity index (χ3v) is 15.5. The van der Waals surface area contributed by atoms with Crippen molar-refractivity contribution in [1.29, 1.82) is 0 Å². The fraction of sp³-hybridized carbons (Fsp3) is 0.971. The minimum absolute atomic E-state index is 0.120. The summed E-state index contributed by atoms with van der Waals surface area (Å²) in [5.41, 5.74) is -0.887. The molecule has 3 nitrogen and oxygen atoms in total. The van der Waals surface area contributed by atoms with Gasteiger partial charge in [-0.25, -0.2) is 4.79 Å². The van der Waals surface area contributed by atoms with Gasteiger partial charge in [0.05, 0.1) is 6.61 Å². The van der Waals surface area contributed by atoms with Crippen LogP contribution in [0.15, 0.2) is 0 Å². The van der Waals surface area contributed by atoms with Crippen molar-refractivity contribution in [1.82, 2.24) is 0 Å². The van der Waals surface area contributed by atoms with Crippen molar-refractivity contribution in [3.8, 4) is 0 Å². The van der Waals surface area contributed by atoms with Crippen LogP contribution in [-0.4, -0.2) is 28.6 Å². The molecule has 0 aromatic rings. The number of rotatable bonds is 4. The lowest BCUT2D eigenvalue weighted by Gasteiger charge is -2.75. The van der Waals surface area contributed by atoms with E-state index in [2.05, 4.69) is 71.3 Å². The average Bonchev–Trinajstić information content (AvgIpc) is 2.85. The second-order valence-corrected chi connectivity index (χ2v) is 17.3. The average molecular weight is 594 g/mol. The standard InChI is InChI=1S/C34H57BrO3/c1-22-12-14-30(5)17-18-31(6)24(27(30)23(22)2)10-11-26-32(31,7)15-13-25-29(3,4)16-19-34(37,33(25,26)8)28(36)38-21-9-20-35/h22-27,37H,9-21H2,1-8H3/t22-,23+,24-,25+,26+,27+,30-,31-,32-,33+,34?/m1/s1. The minimum atomic E-state index is -1.40. The number of hydrogen-bond donors (Lipinski definition) is 1. The lowest BCUT2D eigenvalue weighted by molar-refractivity contribution is -0.291. The van der Waals surface area contributed by atoms with E-state index >= 15 is 0 Å². The number of ether oxygens (including phenoxy) is 1. The molecule has 5 aliphatic carbocycles. The van der Waals surface area contributed by atoms with E-state index in [0.717, 1.165) is 54.7 Å². The molecule has 4 heteroatoms. The van der Waals surface area contributed by atoms with Gasteiger partial charge in [0.2, 0.25) is 0 Å². The molecule has 0 heterocycles. The smallest absolute Gasteiger partial charge is 0.338 e. The number of aliphatic hydroxyl groups is 1. The van der Waals surface area contributed by atoms with Crippen LogP contribution in [0.3, 0.4) is 0 Å². The second kappa shape index (κ2) is 9.47. The summed E-state index contributed by atoms with van der Waals surface area (Å²) in [7, 11) is 0. The highest BCUT2D eigenvalue weighted by atomic mass is 79.9. The maximum Gasteiger partial charge on any atom is 0.338 e. The van der Waals surface area contributed by atoms with Gasteiger partial charge in [0.1, 0.15) is 0 Å². The van der Waals surface area contributed by atoms with Crippen LogP contribution < -0.4 is 0 Å². The van der Waals surface area contributed by atoms with Gasteiger partial charge in [-0.3, -0.25) is 0 Å². The third-order valence-electron chi connectivity index (χ3n) is 15.0. The molecule has 0 radical (unpaired) electrons. The summed E-state index contributed by atoms with van der Waals surface area (Å²) in [6.45, 7) is 20.5. The molecule has 5 aliphatic rings. The maximum atomic E-state index is 13.8. The highest BCUT2D eigenvalue weighted by Crippen LogP contribution is 2.78. The van der Waals surface area contributed by atoms with Gasteiger partial charge in [-0.05, 0) is 128 Å². The second-order valence-electron chi connectivity index (χ2n) is 16.5. The Morgan fingerprint density at radius 1 is 0.842 bits per heavy atom. The minimum Gasteiger partial charge on any atom is -0.464 e.